The Kier molecular flexibility index (Phi) is 4.95. The Hall–Kier alpha value is -1.30. The van der Waals surface area contributed by atoms with Crippen LogP contribution in [0.1, 0.15) is 23.8 Å². The fourth-order valence-corrected chi connectivity index (χ4v) is 1.59. The van der Waals surface area contributed by atoms with E-state index in [4.69, 9.17) is 11.6 Å². The summed E-state index contributed by atoms with van der Waals surface area (Å²) >= 11 is 5.60. The second kappa shape index (κ2) is 6.04. The van der Waals surface area contributed by atoms with Gasteiger partial charge in [-0.2, -0.15) is 13.2 Å². The normalized spacial score (nSPS) is 11.4. The highest BCUT2D eigenvalue weighted by molar-refractivity contribution is 6.29. The number of aromatic nitrogens is 1. The van der Waals surface area contributed by atoms with E-state index in [-0.39, 0.29) is 17.4 Å². The molecule has 100 valence electrons. The van der Waals surface area contributed by atoms with Gasteiger partial charge >= 0.3 is 6.18 Å². The summed E-state index contributed by atoms with van der Waals surface area (Å²) in [4.78, 5) is 16.3. The van der Waals surface area contributed by atoms with Gasteiger partial charge in [0.1, 0.15) is 17.4 Å². The van der Waals surface area contributed by atoms with E-state index in [0.717, 1.165) is 4.90 Å². The minimum absolute atomic E-state index is 0.0204. The molecular weight excluding hydrogens is 269 g/mol. The van der Waals surface area contributed by atoms with Crippen LogP contribution in [0.2, 0.25) is 5.15 Å². The van der Waals surface area contributed by atoms with E-state index >= 15 is 0 Å². The van der Waals surface area contributed by atoms with Gasteiger partial charge < -0.3 is 4.90 Å². The summed E-state index contributed by atoms with van der Waals surface area (Å²) in [7, 11) is 0. The van der Waals surface area contributed by atoms with Crippen LogP contribution in [0.4, 0.5) is 13.2 Å². The summed E-state index contributed by atoms with van der Waals surface area (Å²) in [6.07, 6.45) is -3.99. The first kappa shape index (κ1) is 14.8. The number of carbonyl (C=O) groups excluding carboxylic acids is 1. The molecule has 1 rings (SSSR count). The Morgan fingerprint density at radius 3 is 2.61 bits per heavy atom. The minimum atomic E-state index is -4.43. The van der Waals surface area contributed by atoms with Crippen molar-refractivity contribution in [2.24, 2.45) is 0 Å². The standard InChI is InChI=1S/C11H12ClF3N2O/c1-2-6-17(7-11(13,14)15)10(18)8-4-3-5-9(12)16-8/h3-5H,2,6-7H2,1H3. The van der Waals surface area contributed by atoms with Crippen molar-refractivity contribution in [3.63, 3.8) is 0 Å². The number of rotatable bonds is 4. The maximum atomic E-state index is 12.3. The third-order valence-corrected chi connectivity index (χ3v) is 2.30. The van der Waals surface area contributed by atoms with Crippen molar-refractivity contribution >= 4 is 17.5 Å². The molecule has 0 unspecified atom stereocenters. The first-order chi connectivity index (χ1) is 8.33. The second-order valence-electron chi connectivity index (χ2n) is 3.69. The van der Waals surface area contributed by atoms with Crippen molar-refractivity contribution in [2.45, 2.75) is 19.5 Å². The van der Waals surface area contributed by atoms with E-state index in [0.29, 0.717) is 6.42 Å². The molecule has 0 spiro atoms. The van der Waals surface area contributed by atoms with Crippen LogP contribution in [0.15, 0.2) is 18.2 Å². The van der Waals surface area contributed by atoms with Crippen molar-refractivity contribution < 1.29 is 18.0 Å². The summed E-state index contributed by atoms with van der Waals surface area (Å²) in [6, 6.07) is 4.26. The van der Waals surface area contributed by atoms with Crippen molar-refractivity contribution in [1.82, 2.24) is 9.88 Å². The predicted octanol–water partition coefficient (Wildman–Crippen LogP) is 3.15. The van der Waals surface area contributed by atoms with Crippen LogP contribution in [0.3, 0.4) is 0 Å². The molecule has 1 aromatic rings. The van der Waals surface area contributed by atoms with E-state index in [1.54, 1.807) is 6.92 Å². The van der Waals surface area contributed by atoms with Crippen LogP contribution < -0.4 is 0 Å². The Morgan fingerprint density at radius 1 is 1.44 bits per heavy atom. The number of alkyl halides is 3. The van der Waals surface area contributed by atoms with Gasteiger partial charge in [0, 0.05) is 6.54 Å². The number of hydrogen-bond donors (Lipinski definition) is 0. The molecule has 0 fully saturated rings. The van der Waals surface area contributed by atoms with Crippen LogP contribution in [0.5, 0.6) is 0 Å². The van der Waals surface area contributed by atoms with Gasteiger partial charge in [-0.3, -0.25) is 4.79 Å². The number of hydrogen-bond acceptors (Lipinski definition) is 2. The quantitative estimate of drug-likeness (QED) is 0.794. The molecular formula is C11H12ClF3N2O. The maximum absolute atomic E-state index is 12.3. The molecule has 0 radical (unpaired) electrons. The lowest BCUT2D eigenvalue weighted by Crippen LogP contribution is -2.39. The van der Waals surface area contributed by atoms with Gasteiger partial charge in [0.05, 0.1) is 0 Å². The first-order valence-corrected chi connectivity index (χ1v) is 5.70. The van der Waals surface area contributed by atoms with Gasteiger partial charge in [0.25, 0.3) is 5.91 Å². The van der Waals surface area contributed by atoms with Crippen LogP contribution in [-0.2, 0) is 0 Å². The highest BCUT2D eigenvalue weighted by Gasteiger charge is 2.33. The summed E-state index contributed by atoms with van der Waals surface area (Å²) in [5.41, 5.74) is -0.0831. The number of amides is 1. The van der Waals surface area contributed by atoms with Gasteiger partial charge in [-0.25, -0.2) is 4.98 Å². The average Bonchev–Trinajstić information content (AvgIpc) is 2.26. The topological polar surface area (TPSA) is 33.2 Å². The molecule has 0 saturated heterocycles. The molecule has 7 heteroatoms. The van der Waals surface area contributed by atoms with Crippen molar-refractivity contribution in [3.05, 3.63) is 29.0 Å². The fraction of sp³-hybridized carbons (Fsp3) is 0.455. The molecule has 0 aliphatic carbocycles. The summed E-state index contributed by atoms with van der Waals surface area (Å²) in [6.45, 7) is 0.433. The summed E-state index contributed by atoms with van der Waals surface area (Å²) in [5.74, 6) is -0.767. The van der Waals surface area contributed by atoms with E-state index in [1.165, 1.54) is 18.2 Å². The molecule has 0 aliphatic heterocycles. The van der Waals surface area contributed by atoms with Gasteiger partial charge in [0.15, 0.2) is 0 Å². The number of halogens is 4. The Labute approximate surface area is 108 Å². The zero-order valence-electron chi connectivity index (χ0n) is 9.67. The molecule has 1 heterocycles. The molecule has 0 aromatic carbocycles. The molecule has 1 aromatic heterocycles. The molecule has 1 amide bonds. The third-order valence-electron chi connectivity index (χ3n) is 2.09. The molecule has 0 aliphatic rings. The third kappa shape index (κ3) is 4.52. The largest absolute Gasteiger partial charge is 0.406 e. The van der Waals surface area contributed by atoms with Gasteiger partial charge in [-0.15, -0.1) is 0 Å². The Balaban J connectivity index is 2.89. The smallest absolute Gasteiger partial charge is 0.328 e. The Bertz CT molecular complexity index is 423. The van der Waals surface area contributed by atoms with E-state index in [2.05, 4.69) is 4.98 Å². The number of pyridine rings is 1. The van der Waals surface area contributed by atoms with Crippen LogP contribution in [-0.4, -0.2) is 35.1 Å². The SMILES string of the molecule is CCCN(CC(F)(F)F)C(=O)c1cccc(Cl)n1. The van der Waals surface area contributed by atoms with E-state index in [9.17, 15) is 18.0 Å². The monoisotopic (exact) mass is 280 g/mol. The van der Waals surface area contributed by atoms with Gasteiger partial charge in [0.2, 0.25) is 0 Å². The predicted molar refractivity (Wildman–Crippen MR) is 61.5 cm³/mol. The van der Waals surface area contributed by atoms with E-state index in [1.807, 2.05) is 0 Å². The van der Waals surface area contributed by atoms with Crippen LogP contribution >= 0.6 is 11.6 Å². The zero-order valence-corrected chi connectivity index (χ0v) is 10.4. The minimum Gasteiger partial charge on any atom is -0.328 e. The number of nitrogens with zero attached hydrogens (tertiary/aromatic N) is 2. The highest BCUT2D eigenvalue weighted by Crippen LogP contribution is 2.18. The zero-order chi connectivity index (χ0) is 13.8. The average molecular weight is 281 g/mol. The van der Waals surface area contributed by atoms with Gasteiger partial charge in [-0.05, 0) is 18.6 Å². The molecule has 0 bridgehead atoms. The lowest BCUT2D eigenvalue weighted by molar-refractivity contribution is -0.140. The molecule has 0 atom stereocenters. The van der Waals surface area contributed by atoms with Crippen molar-refractivity contribution in [1.29, 1.82) is 0 Å². The second-order valence-corrected chi connectivity index (χ2v) is 4.07. The highest BCUT2D eigenvalue weighted by atomic mass is 35.5. The molecule has 18 heavy (non-hydrogen) atoms. The maximum Gasteiger partial charge on any atom is 0.406 e. The van der Waals surface area contributed by atoms with Crippen LogP contribution in [0, 0.1) is 0 Å². The first-order valence-electron chi connectivity index (χ1n) is 5.32. The summed E-state index contributed by atoms with van der Waals surface area (Å²) in [5, 5.41) is 0.0734. The summed E-state index contributed by atoms with van der Waals surface area (Å²) < 4.78 is 37.0. The molecule has 0 N–H and O–H groups in total. The molecule has 3 nitrogen and oxygen atoms in total. The van der Waals surface area contributed by atoms with Crippen LogP contribution in [0.25, 0.3) is 0 Å². The lowest BCUT2D eigenvalue weighted by atomic mass is 10.3. The van der Waals surface area contributed by atoms with E-state index < -0.39 is 18.6 Å². The van der Waals surface area contributed by atoms with Crippen molar-refractivity contribution in [2.75, 3.05) is 13.1 Å². The van der Waals surface area contributed by atoms with Crippen molar-refractivity contribution in [3.8, 4) is 0 Å². The molecule has 0 saturated carbocycles. The van der Waals surface area contributed by atoms with Gasteiger partial charge in [-0.1, -0.05) is 24.6 Å². The lowest BCUT2D eigenvalue weighted by Gasteiger charge is -2.23. The fourth-order valence-electron chi connectivity index (χ4n) is 1.43. The number of carbonyl (C=O) groups is 1. The Morgan fingerprint density at radius 2 is 2.11 bits per heavy atom.